The second-order valence-corrected chi connectivity index (χ2v) is 6.43. The molecule has 0 saturated heterocycles. The molecular formula is C15H23N3O2S. The lowest BCUT2D eigenvalue weighted by molar-refractivity contribution is 0.0962. The van der Waals surface area contributed by atoms with Gasteiger partial charge in [0.1, 0.15) is 15.6 Å². The van der Waals surface area contributed by atoms with Gasteiger partial charge in [0.05, 0.1) is 7.11 Å². The van der Waals surface area contributed by atoms with E-state index in [4.69, 9.17) is 10.5 Å². The molecule has 0 aromatic carbocycles. The van der Waals surface area contributed by atoms with E-state index in [0.717, 1.165) is 18.0 Å². The molecule has 4 N–H and O–H groups in total. The first-order valence-corrected chi connectivity index (χ1v) is 7.97. The Morgan fingerprint density at radius 3 is 2.81 bits per heavy atom. The zero-order valence-corrected chi connectivity index (χ0v) is 13.4. The maximum atomic E-state index is 12.1. The summed E-state index contributed by atoms with van der Waals surface area (Å²) in [5.74, 6) is 0.371. The van der Waals surface area contributed by atoms with E-state index in [-0.39, 0.29) is 5.91 Å². The minimum atomic E-state index is -0.194. The van der Waals surface area contributed by atoms with E-state index in [1.165, 1.54) is 24.2 Å². The van der Waals surface area contributed by atoms with Crippen LogP contribution in [-0.2, 0) is 0 Å². The lowest BCUT2D eigenvalue weighted by atomic mass is 10.0. The average Bonchev–Trinajstić information content (AvgIpc) is 3.21. The molecule has 116 valence electrons. The molecular weight excluding hydrogens is 286 g/mol. The van der Waals surface area contributed by atoms with Crippen molar-refractivity contribution in [2.75, 3.05) is 31.2 Å². The lowest BCUT2D eigenvalue weighted by Gasteiger charge is -2.14. The fraction of sp³-hybridized carbons (Fsp3) is 0.533. The van der Waals surface area contributed by atoms with E-state index in [0.29, 0.717) is 28.3 Å². The molecule has 1 aromatic heterocycles. The monoisotopic (exact) mass is 309 g/mol. The van der Waals surface area contributed by atoms with Crippen LogP contribution in [-0.4, -0.2) is 26.1 Å². The van der Waals surface area contributed by atoms with Gasteiger partial charge in [-0.1, -0.05) is 13.0 Å². The van der Waals surface area contributed by atoms with Gasteiger partial charge in [0.25, 0.3) is 5.91 Å². The SMILES string of the molecule is C=CCNC(=O)c1sc(NCC2(CC)CC2)c(OC)c1N. The van der Waals surface area contributed by atoms with E-state index < -0.39 is 0 Å². The number of hydrogen-bond acceptors (Lipinski definition) is 5. The van der Waals surface area contributed by atoms with Crippen LogP contribution in [0.1, 0.15) is 35.9 Å². The molecule has 2 rings (SSSR count). The lowest BCUT2D eigenvalue weighted by Crippen LogP contribution is -2.23. The van der Waals surface area contributed by atoms with Gasteiger partial charge in [0.2, 0.25) is 0 Å². The van der Waals surface area contributed by atoms with Gasteiger partial charge in [0, 0.05) is 13.1 Å². The summed E-state index contributed by atoms with van der Waals surface area (Å²) in [5.41, 5.74) is 6.84. The zero-order valence-electron chi connectivity index (χ0n) is 12.6. The van der Waals surface area contributed by atoms with Crippen LogP contribution >= 0.6 is 11.3 Å². The molecule has 0 atom stereocenters. The normalized spacial score (nSPS) is 15.3. The summed E-state index contributed by atoms with van der Waals surface area (Å²) in [7, 11) is 1.57. The van der Waals surface area contributed by atoms with Crippen LogP contribution in [0.2, 0.25) is 0 Å². The Bertz CT molecular complexity index is 535. The zero-order chi connectivity index (χ0) is 15.5. The summed E-state index contributed by atoms with van der Waals surface area (Å²) in [6.45, 7) is 7.11. The topological polar surface area (TPSA) is 76.4 Å². The number of nitrogens with two attached hydrogens (primary N) is 1. The van der Waals surface area contributed by atoms with Gasteiger partial charge >= 0.3 is 0 Å². The molecule has 6 heteroatoms. The fourth-order valence-electron chi connectivity index (χ4n) is 2.26. The Kier molecular flexibility index (Phi) is 4.77. The maximum absolute atomic E-state index is 12.1. The largest absolute Gasteiger partial charge is 0.492 e. The van der Waals surface area contributed by atoms with Gasteiger partial charge < -0.3 is 21.1 Å². The van der Waals surface area contributed by atoms with Gasteiger partial charge in [-0.3, -0.25) is 4.79 Å². The van der Waals surface area contributed by atoms with Crippen molar-refractivity contribution in [3.05, 3.63) is 17.5 Å². The highest BCUT2D eigenvalue weighted by molar-refractivity contribution is 7.19. The van der Waals surface area contributed by atoms with Gasteiger partial charge in [-0.2, -0.15) is 0 Å². The van der Waals surface area contributed by atoms with Crippen LogP contribution in [0.3, 0.4) is 0 Å². The maximum Gasteiger partial charge on any atom is 0.263 e. The molecule has 1 heterocycles. The summed E-state index contributed by atoms with van der Waals surface area (Å²) in [4.78, 5) is 12.5. The van der Waals surface area contributed by atoms with Crippen molar-refractivity contribution in [1.29, 1.82) is 0 Å². The Hall–Kier alpha value is -1.69. The number of thiophene rings is 1. The molecule has 0 aliphatic heterocycles. The smallest absolute Gasteiger partial charge is 0.263 e. The van der Waals surface area contributed by atoms with E-state index in [2.05, 4.69) is 24.1 Å². The molecule has 0 bridgehead atoms. The van der Waals surface area contributed by atoms with E-state index in [1.54, 1.807) is 13.2 Å². The van der Waals surface area contributed by atoms with Crippen LogP contribution < -0.4 is 21.1 Å². The van der Waals surface area contributed by atoms with Crippen molar-refractivity contribution in [3.8, 4) is 5.75 Å². The van der Waals surface area contributed by atoms with E-state index >= 15 is 0 Å². The Morgan fingerprint density at radius 2 is 2.29 bits per heavy atom. The average molecular weight is 309 g/mol. The molecule has 1 amide bonds. The molecule has 1 aliphatic carbocycles. The number of methoxy groups -OCH3 is 1. The molecule has 21 heavy (non-hydrogen) atoms. The second-order valence-electron chi connectivity index (χ2n) is 5.41. The number of carbonyl (C=O) groups excluding carboxylic acids is 1. The summed E-state index contributed by atoms with van der Waals surface area (Å²) >= 11 is 1.34. The fourth-order valence-corrected chi connectivity index (χ4v) is 3.26. The predicted octanol–water partition coefficient (Wildman–Crippen LogP) is 2.86. The minimum Gasteiger partial charge on any atom is -0.492 e. The van der Waals surface area contributed by atoms with Crippen molar-refractivity contribution in [3.63, 3.8) is 0 Å². The molecule has 5 nitrogen and oxygen atoms in total. The van der Waals surface area contributed by atoms with Gasteiger partial charge in [0.15, 0.2) is 5.75 Å². The molecule has 0 spiro atoms. The summed E-state index contributed by atoms with van der Waals surface area (Å²) in [6.07, 6.45) is 5.31. The number of hydrogen-bond donors (Lipinski definition) is 3. The quantitative estimate of drug-likeness (QED) is 0.645. The summed E-state index contributed by atoms with van der Waals surface area (Å²) in [5, 5.41) is 6.98. The Labute approximate surface area is 129 Å². The molecule has 0 radical (unpaired) electrons. The van der Waals surface area contributed by atoms with Crippen molar-refractivity contribution in [2.45, 2.75) is 26.2 Å². The van der Waals surface area contributed by atoms with Crippen LogP contribution in [0.5, 0.6) is 5.75 Å². The van der Waals surface area contributed by atoms with Gasteiger partial charge in [-0.25, -0.2) is 0 Å². The molecule has 1 aromatic rings. The third-order valence-electron chi connectivity index (χ3n) is 4.05. The summed E-state index contributed by atoms with van der Waals surface area (Å²) < 4.78 is 5.35. The molecule has 1 fully saturated rings. The number of nitrogens with one attached hydrogen (secondary N) is 2. The first-order valence-electron chi connectivity index (χ1n) is 7.16. The highest BCUT2D eigenvalue weighted by Gasteiger charge is 2.40. The first kappa shape index (κ1) is 15.7. The number of rotatable bonds is 8. The van der Waals surface area contributed by atoms with Crippen molar-refractivity contribution in [2.24, 2.45) is 5.41 Å². The van der Waals surface area contributed by atoms with Crippen molar-refractivity contribution < 1.29 is 9.53 Å². The minimum absolute atomic E-state index is 0.194. The Morgan fingerprint density at radius 1 is 1.57 bits per heavy atom. The molecule has 1 saturated carbocycles. The standard InChI is InChI=1S/C15H23N3O2S/c1-4-8-17-13(19)12-10(16)11(20-3)14(21-12)18-9-15(5-2)6-7-15/h4,18H,1,5-9,16H2,2-3H3,(H,17,19). The number of ether oxygens (including phenoxy) is 1. The number of carbonyl (C=O) groups is 1. The third-order valence-corrected chi connectivity index (χ3v) is 5.19. The van der Waals surface area contributed by atoms with E-state index in [9.17, 15) is 4.79 Å². The van der Waals surface area contributed by atoms with E-state index in [1.807, 2.05) is 0 Å². The highest BCUT2D eigenvalue weighted by Crippen LogP contribution is 2.50. The van der Waals surface area contributed by atoms with Crippen molar-refractivity contribution >= 4 is 27.9 Å². The second kappa shape index (κ2) is 6.39. The Balaban J connectivity index is 2.13. The third kappa shape index (κ3) is 3.32. The number of anilines is 2. The molecule has 0 unspecified atom stereocenters. The number of nitrogen functional groups attached to an aromatic ring is 1. The van der Waals surface area contributed by atoms with Crippen LogP contribution in [0.25, 0.3) is 0 Å². The van der Waals surface area contributed by atoms with Gasteiger partial charge in [-0.05, 0) is 24.7 Å². The molecule has 1 aliphatic rings. The summed E-state index contributed by atoms with van der Waals surface area (Å²) in [6, 6.07) is 0. The van der Waals surface area contributed by atoms with Crippen molar-refractivity contribution in [1.82, 2.24) is 5.32 Å². The van der Waals surface area contributed by atoms with Gasteiger partial charge in [-0.15, -0.1) is 17.9 Å². The first-order chi connectivity index (χ1) is 10.1. The van der Waals surface area contributed by atoms with Crippen LogP contribution in [0, 0.1) is 5.41 Å². The predicted molar refractivity (Wildman–Crippen MR) is 88.3 cm³/mol. The highest BCUT2D eigenvalue weighted by atomic mass is 32.1. The van der Waals surface area contributed by atoms with Crippen LogP contribution in [0.4, 0.5) is 10.7 Å². The van der Waals surface area contributed by atoms with Crippen LogP contribution in [0.15, 0.2) is 12.7 Å². The number of amides is 1.